The fourth-order valence-corrected chi connectivity index (χ4v) is 2.18. The Kier molecular flexibility index (Phi) is 4.41. The molecule has 0 heterocycles. The van der Waals surface area contributed by atoms with Crippen LogP contribution < -0.4 is 11.1 Å². The standard InChI is InChI=1S/C14H11BrF4N2/c15-10-2-3-11(16)8(5-10)7-21-13-4-1-9(6-12(13)20)14(17,18)19/h1-6,21H,7,20H2. The molecule has 0 radical (unpaired) electrons. The van der Waals surface area contributed by atoms with Crippen LogP contribution in [-0.4, -0.2) is 0 Å². The van der Waals surface area contributed by atoms with Crippen LogP contribution >= 0.6 is 15.9 Å². The van der Waals surface area contributed by atoms with Gasteiger partial charge in [-0.05, 0) is 36.4 Å². The minimum atomic E-state index is -4.44. The monoisotopic (exact) mass is 362 g/mol. The third-order valence-electron chi connectivity index (χ3n) is 2.86. The second-order valence-corrected chi connectivity index (χ2v) is 5.30. The lowest BCUT2D eigenvalue weighted by atomic mass is 10.1. The molecule has 0 aliphatic rings. The average molecular weight is 363 g/mol. The molecule has 0 spiro atoms. The zero-order chi connectivity index (χ0) is 15.6. The first kappa shape index (κ1) is 15.6. The number of hydrogen-bond acceptors (Lipinski definition) is 2. The molecule has 0 saturated heterocycles. The maximum Gasteiger partial charge on any atom is 0.416 e. The minimum Gasteiger partial charge on any atom is -0.397 e. The van der Waals surface area contributed by atoms with Crippen LogP contribution in [0, 0.1) is 5.82 Å². The van der Waals surface area contributed by atoms with Crippen LogP contribution in [0.25, 0.3) is 0 Å². The van der Waals surface area contributed by atoms with Crippen molar-refractivity contribution >= 4 is 27.3 Å². The number of halogens is 5. The van der Waals surface area contributed by atoms with E-state index in [9.17, 15) is 17.6 Å². The normalized spacial score (nSPS) is 11.5. The summed E-state index contributed by atoms with van der Waals surface area (Å²) in [4.78, 5) is 0. The van der Waals surface area contributed by atoms with Crippen molar-refractivity contribution in [3.05, 3.63) is 57.8 Å². The SMILES string of the molecule is Nc1cc(C(F)(F)F)ccc1NCc1cc(Br)ccc1F. The second-order valence-electron chi connectivity index (χ2n) is 4.39. The molecule has 0 saturated carbocycles. The van der Waals surface area contributed by atoms with Gasteiger partial charge in [0.15, 0.2) is 0 Å². The summed E-state index contributed by atoms with van der Waals surface area (Å²) < 4.78 is 51.8. The van der Waals surface area contributed by atoms with E-state index in [-0.39, 0.29) is 12.2 Å². The van der Waals surface area contributed by atoms with Gasteiger partial charge in [-0.2, -0.15) is 13.2 Å². The predicted octanol–water partition coefficient (Wildman–Crippen LogP) is 4.80. The average Bonchev–Trinajstić information content (AvgIpc) is 2.40. The van der Waals surface area contributed by atoms with Crippen molar-refractivity contribution in [1.29, 1.82) is 0 Å². The molecule has 0 aliphatic heterocycles. The van der Waals surface area contributed by atoms with Crippen molar-refractivity contribution in [1.82, 2.24) is 0 Å². The van der Waals surface area contributed by atoms with Gasteiger partial charge in [-0.25, -0.2) is 4.39 Å². The van der Waals surface area contributed by atoms with Crippen LogP contribution in [0.2, 0.25) is 0 Å². The summed E-state index contributed by atoms with van der Waals surface area (Å²) in [6.45, 7) is 0.112. The molecular weight excluding hydrogens is 352 g/mol. The molecule has 21 heavy (non-hydrogen) atoms. The molecular formula is C14H11BrF4N2. The minimum absolute atomic E-state index is 0.0415. The van der Waals surface area contributed by atoms with E-state index < -0.39 is 17.6 Å². The third-order valence-corrected chi connectivity index (χ3v) is 3.35. The Balaban J connectivity index is 2.15. The largest absolute Gasteiger partial charge is 0.416 e. The molecule has 2 rings (SSSR count). The van der Waals surface area contributed by atoms with Crippen LogP contribution in [-0.2, 0) is 12.7 Å². The summed E-state index contributed by atoms with van der Waals surface area (Å²) in [5.41, 5.74) is 5.42. The van der Waals surface area contributed by atoms with Crippen molar-refractivity contribution in [2.24, 2.45) is 0 Å². The Morgan fingerprint density at radius 1 is 1.10 bits per heavy atom. The summed E-state index contributed by atoms with van der Waals surface area (Å²) >= 11 is 3.22. The van der Waals surface area contributed by atoms with Crippen LogP contribution in [0.3, 0.4) is 0 Å². The van der Waals surface area contributed by atoms with Gasteiger partial charge in [-0.3, -0.25) is 0 Å². The van der Waals surface area contributed by atoms with Gasteiger partial charge < -0.3 is 11.1 Å². The first-order chi connectivity index (χ1) is 9.77. The molecule has 0 amide bonds. The first-order valence-electron chi connectivity index (χ1n) is 5.92. The summed E-state index contributed by atoms with van der Waals surface area (Å²) in [6.07, 6.45) is -4.44. The van der Waals surface area contributed by atoms with Gasteiger partial charge in [-0.1, -0.05) is 15.9 Å². The number of nitrogen functional groups attached to an aromatic ring is 1. The zero-order valence-electron chi connectivity index (χ0n) is 10.6. The van der Waals surface area contributed by atoms with E-state index in [1.165, 1.54) is 12.1 Å². The smallest absolute Gasteiger partial charge is 0.397 e. The van der Waals surface area contributed by atoms with Gasteiger partial charge in [0, 0.05) is 16.6 Å². The highest BCUT2D eigenvalue weighted by Crippen LogP contribution is 2.33. The van der Waals surface area contributed by atoms with E-state index in [1.54, 1.807) is 12.1 Å². The van der Waals surface area contributed by atoms with Crippen molar-refractivity contribution in [2.75, 3.05) is 11.1 Å². The highest BCUT2D eigenvalue weighted by Gasteiger charge is 2.30. The molecule has 0 fully saturated rings. The molecule has 0 aliphatic carbocycles. The molecule has 3 N–H and O–H groups in total. The lowest BCUT2D eigenvalue weighted by molar-refractivity contribution is -0.137. The van der Waals surface area contributed by atoms with Gasteiger partial charge in [0.2, 0.25) is 0 Å². The number of hydrogen-bond donors (Lipinski definition) is 2. The predicted molar refractivity (Wildman–Crippen MR) is 77.3 cm³/mol. The molecule has 7 heteroatoms. The Morgan fingerprint density at radius 3 is 2.43 bits per heavy atom. The highest BCUT2D eigenvalue weighted by atomic mass is 79.9. The van der Waals surface area contributed by atoms with E-state index in [1.807, 2.05) is 0 Å². The van der Waals surface area contributed by atoms with Gasteiger partial charge in [0.1, 0.15) is 5.82 Å². The van der Waals surface area contributed by atoms with Crippen LogP contribution in [0.1, 0.15) is 11.1 Å². The van der Waals surface area contributed by atoms with Crippen LogP contribution in [0.15, 0.2) is 40.9 Å². The van der Waals surface area contributed by atoms with E-state index in [0.29, 0.717) is 15.7 Å². The van der Waals surface area contributed by atoms with Crippen LogP contribution in [0.4, 0.5) is 28.9 Å². The second kappa shape index (κ2) is 5.93. The van der Waals surface area contributed by atoms with Gasteiger partial charge in [0.25, 0.3) is 0 Å². The maximum atomic E-state index is 13.6. The fraction of sp³-hybridized carbons (Fsp3) is 0.143. The molecule has 0 aromatic heterocycles. The van der Waals surface area contributed by atoms with Crippen molar-refractivity contribution in [3.8, 4) is 0 Å². The third kappa shape index (κ3) is 3.87. The lowest BCUT2D eigenvalue weighted by Crippen LogP contribution is -2.08. The Labute approximate surface area is 127 Å². The first-order valence-corrected chi connectivity index (χ1v) is 6.71. The Hall–Kier alpha value is -1.76. The number of nitrogens with one attached hydrogen (secondary N) is 1. The summed E-state index contributed by atoms with van der Waals surface area (Å²) in [5.74, 6) is -0.406. The lowest BCUT2D eigenvalue weighted by Gasteiger charge is -2.13. The molecule has 2 aromatic carbocycles. The van der Waals surface area contributed by atoms with Gasteiger partial charge in [-0.15, -0.1) is 0 Å². The number of benzene rings is 2. The van der Waals surface area contributed by atoms with E-state index in [0.717, 1.165) is 12.1 Å². The maximum absolute atomic E-state index is 13.6. The number of alkyl halides is 3. The molecule has 0 unspecified atom stereocenters. The number of anilines is 2. The van der Waals surface area contributed by atoms with Crippen molar-refractivity contribution in [2.45, 2.75) is 12.7 Å². The highest BCUT2D eigenvalue weighted by molar-refractivity contribution is 9.10. The van der Waals surface area contributed by atoms with E-state index in [2.05, 4.69) is 21.2 Å². The Morgan fingerprint density at radius 2 is 1.81 bits per heavy atom. The van der Waals surface area contributed by atoms with Crippen LogP contribution in [0.5, 0.6) is 0 Å². The summed E-state index contributed by atoms with van der Waals surface area (Å²) in [5, 5.41) is 2.82. The summed E-state index contributed by atoms with van der Waals surface area (Å²) in [6, 6.07) is 7.45. The summed E-state index contributed by atoms with van der Waals surface area (Å²) in [7, 11) is 0. The molecule has 0 bridgehead atoms. The number of nitrogens with two attached hydrogens (primary N) is 1. The van der Waals surface area contributed by atoms with Gasteiger partial charge in [0.05, 0.1) is 16.9 Å². The molecule has 0 atom stereocenters. The quantitative estimate of drug-likeness (QED) is 0.607. The fourth-order valence-electron chi connectivity index (χ4n) is 1.77. The van der Waals surface area contributed by atoms with Gasteiger partial charge >= 0.3 is 6.18 Å². The Bertz CT molecular complexity index is 656. The van der Waals surface area contributed by atoms with E-state index >= 15 is 0 Å². The molecule has 2 aromatic rings. The zero-order valence-corrected chi connectivity index (χ0v) is 12.2. The van der Waals surface area contributed by atoms with Crippen molar-refractivity contribution in [3.63, 3.8) is 0 Å². The van der Waals surface area contributed by atoms with Crippen molar-refractivity contribution < 1.29 is 17.6 Å². The molecule has 2 nitrogen and oxygen atoms in total. The van der Waals surface area contributed by atoms with E-state index in [4.69, 9.17) is 5.73 Å². The molecule has 112 valence electrons. The number of rotatable bonds is 3. The topological polar surface area (TPSA) is 38.0 Å².